The summed E-state index contributed by atoms with van der Waals surface area (Å²) in [5.41, 5.74) is 6.70. The van der Waals surface area contributed by atoms with Crippen molar-refractivity contribution in [2.75, 3.05) is 5.75 Å². The van der Waals surface area contributed by atoms with Crippen LogP contribution in [0.2, 0.25) is 0 Å². The molecule has 3 heteroatoms. The first-order valence-electron chi connectivity index (χ1n) is 5.47. The smallest absolute Gasteiger partial charge is 0.0569 e. The van der Waals surface area contributed by atoms with Gasteiger partial charge in [0.2, 0.25) is 0 Å². The molecule has 0 bridgehead atoms. The average molecular weight is 224 g/mol. The SMILES string of the molecule is CCC(C)CSc1ccc([C@@H](C)N)nc1. The molecule has 1 rings (SSSR count). The quantitative estimate of drug-likeness (QED) is 0.780. The van der Waals surface area contributed by atoms with Gasteiger partial charge in [0.1, 0.15) is 0 Å². The van der Waals surface area contributed by atoms with E-state index in [1.807, 2.05) is 30.9 Å². The highest BCUT2D eigenvalue weighted by Crippen LogP contribution is 2.21. The maximum absolute atomic E-state index is 5.74. The topological polar surface area (TPSA) is 38.9 Å². The van der Waals surface area contributed by atoms with Crippen molar-refractivity contribution in [1.82, 2.24) is 4.98 Å². The number of thioether (sulfide) groups is 1. The van der Waals surface area contributed by atoms with Crippen molar-refractivity contribution in [2.45, 2.75) is 38.1 Å². The third-order valence-corrected chi connectivity index (χ3v) is 3.77. The summed E-state index contributed by atoms with van der Waals surface area (Å²) >= 11 is 1.87. The van der Waals surface area contributed by atoms with Gasteiger partial charge in [-0.3, -0.25) is 4.98 Å². The van der Waals surface area contributed by atoms with Gasteiger partial charge in [0.25, 0.3) is 0 Å². The van der Waals surface area contributed by atoms with Gasteiger partial charge in [-0.2, -0.15) is 0 Å². The summed E-state index contributed by atoms with van der Waals surface area (Å²) in [5.74, 6) is 1.93. The molecule has 2 atom stereocenters. The molecule has 0 fully saturated rings. The van der Waals surface area contributed by atoms with Crippen LogP contribution in [-0.2, 0) is 0 Å². The van der Waals surface area contributed by atoms with Crippen LogP contribution >= 0.6 is 11.8 Å². The van der Waals surface area contributed by atoms with E-state index in [2.05, 4.69) is 24.9 Å². The number of nitrogens with two attached hydrogens (primary N) is 1. The summed E-state index contributed by atoms with van der Waals surface area (Å²) in [4.78, 5) is 5.57. The summed E-state index contributed by atoms with van der Waals surface area (Å²) in [7, 11) is 0. The summed E-state index contributed by atoms with van der Waals surface area (Å²) in [6.45, 7) is 6.45. The molecule has 0 spiro atoms. The van der Waals surface area contributed by atoms with Crippen molar-refractivity contribution in [2.24, 2.45) is 11.7 Å². The summed E-state index contributed by atoms with van der Waals surface area (Å²) in [5, 5.41) is 0. The molecule has 1 unspecified atom stereocenters. The Bertz CT molecular complexity index is 282. The van der Waals surface area contributed by atoms with E-state index in [4.69, 9.17) is 5.73 Å². The van der Waals surface area contributed by atoms with Gasteiger partial charge in [-0.25, -0.2) is 0 Å². The maximum Gasteiger partial charge on any atom is 0.0569 e. The number of hydrogen-bond acceptors (Lipinski definition) is 3. The minimum Gasteiger partial charge on any atom is -0.323 e. The molecule has 1 aromatic rings. The second kappa shape index (κ2) is 6.13. The molecular formula is C12H20N2S. The first-order valence-corrected chi connectivity index (χ1v) is 6.46. The summed E-state index contributed by atoms with van der Waals surface area (Å²) in [6, 6.07) is 4.15. The Morgan fingerprint density at radius 1 is 1.40 bits per heavy atom. The Kier molecular flexibility index (Phi) is 5.12. The molecule has 84 valence electrons. The minimum absolute atomic E-state index is 0.0265. The molecule has 2 N–H and O–H groups in total. The lowest BCUT2D eigenvalue weighted by Gasteiger charge is -2.08. The normalized spacial score (nSPS) is 14.9. The third kappa shape index (κ3) is 4.22. The van der Waals surface area contributed by atoms with Crippen LogP contribution in [-0.4, -0.2) is 10.7 Å². The number of rotatable bonds is 5. The van der Waals surface area contributed by atoms with E-state index in [1.165, 1.54) is 11.3 Å². The van der Waals surface area contributed by atoms with Gasteiger partial charge in [0, 0.05) is 22.9 Å². The van der Waals surface area contributed by atoms with Crippen molar-refractivity contribution in [1.29, 1.82) is 0 Å². The second-order valence-electron chi connectivity index (χ2n) is 4.03. The van der Waals surface area contributed by atoms with Crippen molar-refractivity contribution in [3.8, 4) is 0 Å². The second-order valence-corrected chi connectivity index (χ2v) is 5.13. The zero-order valence-electron chi connectivity index (χ0n) is 9.73. The van der Waals surface area contributed by atoms with E-state index in [0.29, 0.717) is 0 Å². The molecule has 0 aromatic carbocycles. The van der Waals surface area contributed by atoms with Gasteiger partial charge >= 0.3 is 0 Å². The minimum atomic E-state index is 0.0265. The molecule has 0 saturated heterocycles. The molecule has 0 aliphatic carbocycles. The van der Waals surface area contributed by atoms with Gasteiger partial charge in [-0.15, -0.1) is 11.8 Å². The van der Waals surface area contributed by atoms with Crippen LogP contribution in [0.1, 0.15) is 38.9 Å². The van der Waals surface area contributed by atoms with E-state index < -0.39 is 0 Å². The monoisotopic (exact) mass is 224 g/mol. The Balaban J connectivity index is 2.50. The largest absolute Gasteiger partial charge is 0.323 e. The molecule has 0 saturated carbocycles. The maximum atomic E-state index is 5.74. The van der Waals surface area contributed by atoms with Crippen LogP contribution < -0.4 is 5.73 Å². The Hall–Kier alpha value is -0.540. The Labute approximate surface area is 96.7 Å². The van der Waals surface area contributed by atoms with Gasteiger partial charge in [0.15, 0.2) is 0 Å². The molecule has 2 nitrogen and oxygen atoms in total. The van der Waals surface area contributed by atoms with Crippen molar-refractivity contribution < 1.29 is 0 Å². The van der Waals surface area contributed by atoms with Crippen molar-refractivity contribution in [3.05, 3.63) is 24.0 Å². The van der Waals surface area contributed by atoms with Crippen molar-refractivity contribution >= 4 is 11.8 Å². The molecule has 0 radical (unpaired) electrons. The van der Waals surface area contributed by atoms with E-state index in [9.17, 15) is 0 Å². The number of hydrogen-bond donors (Lipinski definition) is 1. The molecular weight excluding hydrogens is 204 g/mol. The molecule has 0 aliphatic rings. The summed E-state index contributed by atoms with van der Waals surface area (Å²) in [6.07, 6.45) is 3.16. The molecule has 1 heterocycles. The fraction of sp³-hybridized carbons (Fsp3) is 0.583. The van der Waals surface area contributed by atoms with Crippen LogP contribution in [0.3, 0.4) is 0 Å². The zero-order valence-corrected chi connectivity index (χ0v) is 10.6. The zero-order chi connectivity index (χ0) is 11.3. The lowest BCUT2D eigenvalue weighted by Crippen LogP contribution is -2.06. The van der Waals surface area contributed by atoms with Crippen LogP contribution in [0.25, 0.3) is 0 Å². The fourth-order valence-electron chi connectivity index (χ4n) is 1.10. The fourth-order valence-corrected chi connectivity index (χ4v) is 2.11. The Morgan fingerprint density at radius 3 is 2.60 bits per heavy atom. The van der Waals surface area contributed by atoms with E-state index in [-0.39, 0.29) is 6.04 Å². The Morgan fingerprint density at radius 2 is 2.13 bits per heavy atom. The lowest BCUT2D eigenvalue weighted by atomic mass is 10.2. The van der Waals surface area contributed by atoms with Crippen LogP contribution in [0, 0.1) is 5.92 Å². The standard InChI is InChI=1S/C12H20N2S/c1-4-9(2)8-15-11-5-6-12(10(3)13)14-7-11/h5-7,9-10H,4,8,13H2,1-3H3/t9?,10-/m1/s1. The molecule has 15 heavy (non-hydrogen) atoms. The number of nitrogens with zero attached hydrogens (tertiary/aromatic N) is 1. The third-order valence-electron chi connectivity index (χ3n) is 2.46. The predicted molar refractivity (Wildman–Crippen MR) is 67.0 cm³/mol. The van der Waals surface area contributed by atoms with E-state index in [0.717, 1.165) is 17.4 Å². The molecule has 0 aliphatic heterocycles. The van der Waals surface area contributed by atoms with Crippen LogP contribution in [0.5, 0.6) is 0 Å². The summed E-state index contributed by atoms with van der Waals surface area (Å²) < 4.78 is 0. The van der Waals surface area contributed by atoms with E-state index in [1.54, 1.807) is 0 Å². The molecule has 1 aromatic heterocycles. The first kappa shape index (κ1) is 12.5. The van der Waals surface area contributed by atoms with Crippen LogP contribution in [0.4, 0.5) is 0 Å². The van der Waals surface area contributed by atoms with Gasteiger partial charge in [-0.1, -0.05) is 20.3 Å². The van der Waals surface area contributed by atoms with Crippen molar-refractivity contribution in [3.63, 3.8) is 0 Å². The highest BCUT2D eigenvalue weighted by molar-refractivity contribution is 7.99. The number of aromatic nitrogens is 1. The highest BCUT2D eigenvalue weighted by Gasteiger charge is 2.03. The van der Waals surface area contributed by atoms with Crippen LogP contribution in [0.15, 0.2) is 23.2 Å². The number of pyridine rings is 1. The van der Waals surface area contributed by atoms with E-state index >= 15 is 0 Å². The lowest BCUT2D eigenvalue weighted by molar-refractivity contribution is 0.637. The molecule has 0 amide bonds. The average Bonchev–Trinajstić information content (AvgIpc) is 2.26. The highest BCUT2D eigenvalue weighted by atomic mass is 32.2. The first-order chi connectivity index (χ1) is 7.13. The van der Waals surface area contributed by atoms with Gasteiger partial charge in [0.05, 0.1) is 5.69 Å². The van der Waals surface area contributed by atoms with Gasteiger partial charge < -0.3 is 5.73 Å². The predicted octanol–water partition coefficient (Wildman–Crippen LogP) is 3.24. The van der Waals surface area contributed by atoms with Gasteiger partial charge in [-0.05, 0) is 25.0 Å².